The van der Waals surface area contributed by atoms with E-state index < -0.39 is 15.6 Å². The summed E-state index contributed by atoms with van der Waals surface area (Å²) in [5.74, 6) is 0.352. The fourth-order valence-corrected chi connectivity index (χ4v) is 6.25. The third kappa shape index (κ3) is 4.40. The van der Waals surface area contributed by atoms with E-state index in [4.69, 9.17) is 9.15 Å². The Hall–Kier alpha value is -2.95. The molecule has 1 saturated heterocycles. The number of fused-ring (bicyclic) bond motifs is 1. The highest BCUT2D eigenvalue weighted by atomic mass is 32.2. The van der Waals surface area contributed by atoms with Crippen LogP contribution >= 0.6 is 0 Å². The molecule has 1 saturated carbocycles. The molecule has 0 unspecified atom stereocenters. The number of carbonyl (C=O) groups excluding carboxylic acids is 1. The molecule has 1 aliphatic carbocycles. The van der Waals surface area contributed by atoms with Crippen LogP contribution in [-0.4, -0.2) is 60.9 Å². The molecular weight excluding hydrogens is 458 g/mol. The highest BCUT2D eigenvalue weighted by Crippen LogP contribution is 2.29. The Morgan fingerprint density at radius 1 is 1.12 bits per heavy atom. The van der Waals surface area contributed by atoms with Crippen molar-refractivity contribution in [2.45, 2.75) is 43.2 Å². The first kappa shape index (κ1) is 22.8. The highest BCUT2D eigenvalue weighted by molar-refractivity contribution is 7.89. The summed E-state index contributed by atoms with van der Waals surface area (Å²) in [6.07, 6.45) is 5.39. The van der Waals surface area contributed by atoms with E-state index in [0.717, 1.165) is 25.7 Å². The number of pyridine rings is 1. The molecule has 0 spiro atoms. The van der Waals surface area contributed by atoms with E-state index in [1.807, 2.05) is 6.07 Å². The van der Waals surface area contributed by atoms with Crippen LogP contribution in [0, 0.1) is 0 Å². The second kappa shape index (κ2) is 9.36. The van der Waals surface area contributed by atoms with Gasteiger partial charge in [-0.25, -0.2) is 8.42 Å². The van der Waals surface area contributed by atoms with E-state index >= 15 is 0 Å². The number of rotatable bonds is 6. The monoisotopic (exact) mass is 485 g/mol. The molecule has 10 heteroatoms. The van der Waals surface area contributed by atoms with Crippen LogP contribution in [0.1, 0.15) is 41.8 Å². The third-order valence-corrected chi connectivity index (χ3v) is 8.48. The van der Waals surface area contributed by atoms with E-state index in [1.54, 1.807) is 23.3 Å². The number of sulfonamides is 1. The molecule has 0 radical (unpaired) electrons. The summed E-state index contributed by atoms with van der Waals surface area (Å²) in [4.78, 5) is 30.8. The van der Waals surface area contributed by atoms with Gasteiger partial charge >= 0.3 is 0 Å². The molecule has 3 heterocycles. The van der Waals surface area contributed by atoms with Gasteiger partial charge in [0.2, 0.25) is 15.6 Å². The number of H-pyrrole nitrogens is 1. The molecule has 9 nitrogen and oxygen atoms in total. The van der Waals surface area contributed by atoms with E-state index in [2.05, 4.69) is 4.98 Å². The van der Waals surface area contributed by atoms with Gasteiger partial charge in [-0.3, -0.25) is 9.59 Å². The summed E-state index contributed by atoms with van der Waals surface area (Å²) in [5, 5.41) is 0.404. The molecule has 2 aromatic heterocycles. The Morgan fingerprint density at radius 2 is 1.88 bits per heavy atom. The van der Waals surface area contributed by atoms with E-state index in [-0.39, 0.29) is 42.0 Å². The number of carbonyl (C=O) groups is 1. The highest BCUT2D eigenvalue weighted by Gasteiger charge is 2.31. The Balaban J connectivity index is 1.57. The molecule has 180 valence electrons. The van der Waals surface area contributed by atoms with Crippen molar-refractivity contribution in [3.05, 3.63) is 64.3 Å². The third-order valence-electron chi connectivity index (χ3n) is 6.59. The minimum atomic E-state index is -3.76. The maximum atomic E-state index is 13.8. The lowest BCUT2D eigenvalue weighted by Gasteiger charge is -2.29. The summed E-state index contributed by atoms with van der Waals surface area (Å²) < 4.78 is 38.6. The van der Waals surface area contributed by atoms with Crippen LogP contribution in [0.4, 0.5) is 0 Å². The number of ether oxygens (including phenoxy) is 1. The average molecular weight is 486 g/mol. The maximum Gasteiger partial charge on any atom is 0.255 e. The molecule has 1 aromatic carbocycles. The van der Waals surface area contributed by atoms with Crippen molar-refractivity contribution in [3.63, 3.8) is 0 Å². The molecule has 34 heavy (non-hydrogen) atoms. The second-order valence-electron chi connectivity index (χ2n) is 8.72. The Morgan fingerprint density at radius 3 is 2.59 bits per heavy atom. The minimum absolute atomic E-state index is 0.0344. The smallest absolute Gasteiger partial charge is 0.255 e. The number of aromatic amines is 1. The lowest BCUT2D eigenvalue weighted by atomic mass is 10.1. The van der Waals surface area contributed by atoms with Gasteiger partial charge in [-0.15, -0.1) is 0 Å². The lowest BCUT2D eigenvalue weighted by molar-refractivity contribution is 0.0651. The van der Waals surface area contributed by atoms with Crippen LogP contribution in [0.5, 0.6) is 0 Å². The average Bonchev–Trinajstić information content (AvgIpc) is 3.56. The van der Waals surface area contributed by atoms with Gasteiger partial charge < -0.3 is 19.0 Å². The number of nitrogens with zero attached hydrogens (tertiary/aromatic N) is 2. The van der Waals surface area contributed by atoms with Gasteiger partial charge in [0, 0.05) is 36.1 Å². The van der Waals surface area contributed by atoms with Crippen LogP contribution in [0.2, 0.25) is 0 Å². The van der Waals surface area contributed by atoms with Gasteiger partial charge in [0.05, 0.1) is 36.5 Å². The Bertz CT molecular complexity index is 1340. The van der Waals surface area contributed by atoms with Gasteiger partial charge in [0.25, 0.3) is 5.91 Å². The molecule has 1 N–H and O–H groups in total. The molecule has 0 atom stereocenters. The molecular formula is C24H27N3O6S. The van der Waals surface area contributed by atoms with Crippen molar-refractivity contribution in [2.24, 2.45) is 0 Å². The quantitative estimate of drug-likeness (QED) is 0.575. The molecule has 3 aromatic rings. The maximum absolute atomic E-state index is 13.8. The van der Waals surface area contributed by atoms with Crippen molar-refractivity contribution in [3.8, 4) is 0 Å². The first-order chi connectivity index (χ1) is 16.4. The fraction of sp³-hybridized carbons (Fsp3) is 0.417. The number of hydrogen-bond acceptors (Lipinski definition) is 6. The zero-order valence-electron chi connectivity index (χ0n) is 18.7. The van der Waals surface area contributed by atoms with Crippen molar-refractivity contribution in [2.75, 3.05) is 26.3 Å². The van der Waals surface area contributed by atoms with Crippen molar-refractivity contribution in [1.29, 1.82) is 0 Å². The van der Waals surface area contributed by atoms with Crippen molar-refractivity contribution in [1.82, 2.24) is 14.2 Å². The molecule has 5 rings (SSSR count). The Kier molecular flexibility index (Phi) is 6.28. The SMILES string of the molecule is O=C(c1cc(=O)[nH]c2ccc(S(=O)(=O)N3CCOCC3)cc12)N(Cc1ccco1)C1CCCC1. The molecule has 1 aliphatic heterocycles. The van der Waals surface area contributed by atoms with Crippen LogP contribution in [0.15, 0.2) is 56.8 Å². The van der Waals surface area contributed by atoms with E-state index in [1.165, 1.54) is 22.5 Å². The predicted octanol–water partition coefficient (Wildman–Crippen LogP) is 2.73. The van der Waals surface area contributed by atoms with Gasteiger partial charge in [0.15, 0.2) is 0 Å². The van der Waals surface area contributed by atoms with Crippen LogP contribution in [0.3, 0.4) is 0 Å². The summed E-state index contributed by atoms with van der Waals surface area (Å²) in [6.45, 7) is 1.52. The summed E-state index contributed by atoms with van der Waals surface area (Å²) in [6, 6.07) is 9.40. The normalized spacial score (nSPS) is 17.9. The van der Waals surface area contributed by atoms with E-state index in [0.29, 0.717) is 29.9 Å². The number of benzene rings is 1. The van der Waals surface area contributed by atoms with Crippen molar-refractivity contribution < 1.29 is 22.4 Å². The number of amides is 1. The largest absolute Gasteiger partial charge is 0.467 e. The van der Waals surface area contributed by atoms with Crippen LogP contribution in [0.25, 0.3) is 10.9 Å². The first-order valence-electron chi connectivity index (χ1n) is 11.5. The second-order valence-corrected chi connectivity index (χ2v) is 10.7. The lowest BCUT2D eigenvalue weighted by Crippen LogP contribution is -2.40. The molecule has 2 fully saturated rings. The standard InChI is InChI=1S/C24H27N3O6S/c28-23-15-21(24(29)27(17-4-1-2-5-17)16-18-6-3-11-33-18)20-14-19(7-8-22(20)25-23)34(30,31)26-9-12-32-13-10-26/h3,6-8,11,14-15,17H,1-2,4-5,9-10,12-13,16H2,(H,25,28). The molecule has 1 amide bonds. The van der Waals surface area contributed by atoms with Gasteiger partial charge in [0.1, 0.15) is 5.76 Å². The number of aromatic nitrogens is 1. The zero-order chi connectivity index (χ0) is 23.7. The predicted molar refractivity (Wildman–Crippen MR) is 125 cm³/mol. The number of hydrogen-bond donors (Lipinski definition) is 1. The van der Waals surface area contributed by atoms with Gasteiger partial charge in [-0.2, -0.15) is 4.31 Å². The van der Waals surface area contributed by atoms with E-state index in [9.17, 15) is 18.0 Å². The van der Waals surface area contributed by atoms with Crippen LogP contribution < -0.4 is 5.56 Å². The topological polar surface area (TPSA) is 113 Å². The minimum Gasteiger partial charge on any atom is -0.467 e. The fourth-order valence-electron chi connectivity index (χ4n) is 4.81. The van der Waals surface area contributed by atoms with Crippen molar-refractivity contribution >= 4 is 26.8 Å². The van der Waals surface area contributed by atoms with Gasteiger partial charge in [-0.1, -0.05) is 12.8 Å². The summed E-state index contributed by atoms with van der Waals surface area (Å²) >= 11 is 0. The van der Waals surface area contributed by atoms with Gasteiger partial charge in [-0.05, 0) is 43.2 Å². The number of nitrogens with one attached hydrogen (secondary N) is 1. The van der Waals surface area contributed by atoms with Crippen LogP contribution in [-0.2, 0) is 21.3 Å². The molecule has 2 aliphatic rings. The Labute approximate surface area is 197 Å². The first-order valence-corrected chi connectivity index (χ1v) is 13.0. The zero-order valence-corrected chi connectivity index (χ0v) is 19.6. The molecule has 0 bridgehead atoms. The summed E-state index contributed by atoms with van der Waals surface area (Å²) in [5.41, 5.74) is 0.196. The number of morpholine rings is 1. The number of furan rings is 1. The summed E-state index contributed by atoms with van der Waals surface area (Å²) in [7, 11) is -3.76.